The van der Waals surface area contributed by atoms with E-state index in [1.54, 1.807) is 7.11 Å². The summed E-state index contributed by atoms with van der Waals surface area (Å²) in [6.07, 6.45) is 3.49. The van der Waals surface area contributed by atoms with Gasteiger partial charge in [0.25, 0.3) is 0 Å². The van der Waals surface area contributed by atoms with Crippen LogP contribution in [0.4, 0.5) is 0 Å². The van der Waals surface area contributed by atoms with Gasteiger partial charge in [-0.3, -0.25) is 0 Å². The van der Waals surface area contributed by atoms with E-state index in [0.717, 1.165) is 12.2 Å². The van der Waals surface area contributed by atoms with Gasteiger partial charge in [0.15, 0.2) is 0 Å². The molecule has 1 rings (SSSR count). The van der Waals surface area contributed by atoms with Gasteiger partial charge in [0.05, 0.1) is 10.7 Å². The molecule has 1 nitrogen and oxygen atoms in total. The number of halogens is 1. The molecule has 0 spiro atoms. The molecule has 0 heterocycles. The summed E-state index contributed by atoms with van der Waals surface area (Å²) in [6, 6.07) is 0. The summed E-state index contributed by atoms with van der Waals surface area (Å²) >= 11 is 2.43. The maximum Gasteiger partial charge on any atom is 0.110 e. The van der Waals surface area contributed by atoms with Gasteiger partial charge >= 0.3 is 0 Å². The summed E-state index contributed by atoms with van der Waals surface area (Å²) in [5.41, 5.74) is 1.91. The van der Waals surface area contributed by atoms with Crippen LogP contribution in [0.5, 0.6) is 0 Å². The Bertz CT molecular complexity index is 350. The summed E-state index contributed by atoms with van der Waals surface area (Å²) in [5, 5.41) is 0. The molecule has 0 radical (unpaired) electrons. The van der Waals surface area contributed by atoms with Crippen LogP contribution in [-0.4, -0.2) is 7.11 Å². The molecule has 1 unspecified atom stereocenters. The molecule has 0 saturated heterocycles. The maximum atomic E-state index is 5.59. The van der Waals surface area contributed by atoms with Crippen LogP contribution >= 0.6 is 22.6 Å². The fourth-order valence-corrected chi connectivity index (χ4v) is 3.51. The first-order chi connectivity index (χ1) is 7.57. The predicted molar refractivity (Wildman–Crippen MR) is 83.2 cm³/mol. The molecule has 0 N–H and O–H groups in total. The predicted octanol–water partition coefficient (Wildman–Crippen LogP) is 5.32. The normalized spacial score (nSPS) is 22.6. The third-order valence-corrected chi connectivity index (χ3v) is 4.60. The Morgan fingerprint density at radius 2 is 1.71 bits per heavy atom. The van der Waals surface area contributed by atoms with Crippen LogP contribution in [0.1, 0.15) is 48.0 Å². The van der Waals surface area contributed by atoms with Crippen molar-refractivity contribution < 1.29 is 4.74 Å². The summed E-state index contributed by atoms with van der Waals surface area (Å²) in [7, 11) is 1.79. The van der Waals surface area contributed by atoms with Gasteiger partial charge in [-0.1, -0.05) is 47.6 Å². The van der Waals surface area contributed by atoms with E-state index in [-0.39, 0.29) is 10.8 Å². The van der Waals surface area contributed by atoms with E-state index in [4.69, 9.17) is 4.74 Å². The minimum atomic E-state index is 0.185. The van der Waals surface area contributed by atoms with E-state index in [1.807, 2.05) is 0 Å². The minimum Gasteiger partial charge on any atom is -0.500 e. The number of allylic oxidation sites excluding steroid dienone is 4. The van der Waals surface area contributed by atoms with E-state index in [1.165, 1.54) is 9.15 Å². The highest BCUT2D eigenvalue weighted by Crippen LogP contribution is 2.46. The number of methoxy groups -OCH3 is 1. The molecule has 2 heteroatoms. The van der Waals surface area contributed by atoms with Gasteiger partial charge in [0.1, 0.15) is 5.76 Å². The summed E-state index contributed by atoms with van der Waals surface area (Å²) in [5.74, 6) is 1.71. The van der Waals surface area contributed by atoms with E-state index in [2.05, 4.69) is 70.2 Å². The summed E-state index contributed by atoms with van der Waals surface area (Å²) in [6.45, 7) is 13.7. The van der Waals surface area contributed by atoms with Crippen molar-refractivity contribution in [3.8, 4) is 0 Å². The van der Waals surface area contributed by atoms with Gasteiger partial charge in [0.2, 0.25) is 0 Å². The average molecular weight is 348 g/mol. The smallest absolute Gasteiger partial charge is 0.110 e. The second kappa shape index (κ2) is 4.94. The first-order valence-electron chi connectivity index (χ1n) is 6.22. The van der Waals surface area contributed by atoms with Crippen LogP contribution in [-0.2, 0) is 4.74 Å². The van der Waals surface area contributed by atoms with E-state index in [0.29, 0.717) is 5.92 Å². The Morgan fingerprint density at radius 1 is 1.18 bits per heavy atom. The van der Waals surface area contributed by atoms with Gasteiger partial charge in [-0.15, -0.1) is 0 Å². The van der Waals surface area contributed by atoms with Crippen molar-refractivity contribution in [2.45, 2.75) is 48.0 Å². The first kappa shape index (κ1) is 15.1. The van der Waals surface area contributed by atoms with Gasteiger partial charge in [-0.2, -0.15) is 0 Å². The van der Waals surface area contributed by atoms with Crippen LogP contribution in [0.2, 0.25) is 0 Å². The zero-order valence-corrected chi connectivity index (χ0v) is 14.3. The molecule has 1 aliphatic carbocycles. The molecule has 0 saturated carbocycles. The number of hydrogen-bond acceptors (Lipinski definition) is 1. The third kappa shape index (κ3) is 3.49. The molecule has 98 valence electrons. The Balaban J connectivity index is 3.21. The zero-order chi connectivity index (χ0) is 13.4. The van der Waals surface area contributed by atoms with E-state index >= 15 is 0 Å². The van der Waals surface area contributed by atoms with Crippen molar-refractivity contribution in [1.82, 2.24) is 0 Å². The highest BCUT2D eigenvalue weighted by atomic mass is 127. The molecule has 0 bridgehead atoms. The Kier molecular flexibility index (Phi) is 4.38. The summed E-state index contributed by atoms with van der Waals surface area (Å²) < 4.78 is 6.89. The van der Waals surface area contributed by atoms with Crippen LogP contribution in [0.3, 0.4) is 0 Å². The standard InChI is InChI=1S/C15H25IO/c1-14(2,3)10-8-11(15(4,5)6)13(16)12(9-10)17-7/h8,10H,9H2,1-7H3. The minimum absolute atomic E-state index is 0.185. The van der Waals surface area contributed by atoms with Gasteiger partial charge in [-0.05, 0) is 44.9 Å². The lowest BCUT2D eigenvalue weighted by molar-refractivity contribution is 0.213. The first-order valence-corrected chi connectivity index (χ1v) is 7.30. The van der Waals surface area contributed by atoms with Crippen molar-refractivity contribution in [3.63, 3.8) is 0 Å². The lowest BCUT2D eigenvalue weighted by Crippen LogP contribution is -2.25. The van der Waals surface area contributed by atoms with Gasteiger partial charge in [0, 0.05) is 6.42 Å². The molecule has 0 aromatic heterocycles. The fraction of sp³-hybridized carbons (Fsp3) is 0.733. The van der Waals surface area contributed by atoms with Crippen LogP contribution in [0, 0.1) is 16.7 Å². The number of rotatable bonds is 1. The topological polar surface area (TPSA) is 9.23 Å². The van der Waals surface area contributed by atoms with Gasteiger partial charge in [-0.25, -0.2) is 0 Å². The van der Waals surface area contributed by atoms with Crippen molar-refractivity contribution in [2.24, 2.45) is 16.7 Å². The molecule has 0 aromatic rings. The molecule has 0 aliphatic heterocycles. The van der Waals surface area contributed by atoms with Crippen LogP contribution in [0.15, 0.2) is 21.0 Å². The molecule has 0 fully saturated rings. The average Bonchev–Trinajstić information content (AvgIpc) is 2.14. The lowest BCUT2D eigenvalue weighted by Gasteiger charge is -2.36. The molecular weight excluding hydrogens is 323 g/mol. The zero-order valence-electron chi connectivity index (χ0n) is 12.1. The largest absolute Gasteiger partial charge is 0.500 e. The van der Waals surface area contributed by atoms with Crippen molar-refractivity contribution >= 4 is 22.6 Å². The maximum absolute atomic E-state index is 5.59. The van der Waals surface area contributed by atoms with Crippen LogP contribution in [0.25, 0.3) is 0 Å². The molecule has 1 aliphatic rings. The van der Waals surface area contributed by atoms with Crippen molar-refractivity contribution in [1.29, 1.82) is 0 Å². The van der Waals surface area contributed by atoms with E-state index < -0.39 is 0 Å². The Morgan fingerprint density at radius 3 is 2.06 bits per heavy atom. The quantitative estimate of drug-likeness (QED) is 0.583. The summed E-state index contributed by atoms with van der Waals surface area (Å²) in [4.78, 5) is 0. The highest BCUT2D eigenvalue weighted by molar-refractivity contribution is 14.1. The van der Waals surface area contributed by atoms with Gasteiger partial charge < -0.3 is 4.74 Å². The fourth-order valence-electron chi connectivity index (χ4n) is 2.08. The molecule has 17 heavy (non-hydrogen) atoms. The SMILES string of the molecule is COC1=C(I)C(C(C)(C)C)=CC(C(C)(C)C)C1. The molecule has 1 atom stereocenters. The third-order valence-electron chi connectivity index (χ3n) is 3.42. The van der Waals surface area contributed by atoms with Crippen LogP contribution < -0.4 is 0 Å². The monoisotopic (exact) mass is 348 g/mol. The highest BCUT2D eigenvalue weighted by Gasteiger charge is 2.33. The number of hydrogen-bond donors (Lipinski definition) is 0. The van der Waals surface area contributed by atoms with E-state index in [9.17, 15) is 0 Å². The Hall–Kier alpha value is 0.01000. The molecule has 0 amide bonds. The molecular formula is C15H25IO. The van der Waals surface area contributed by atoms with Crippen molar-refractivity contribution in [2.75, 3.05) is 7.11 Å². The lowest BCUT2D eigenvalue weighted by atomic mass is 9.72. The second-order valence-electron chi connectivity index (χ2n) is 6.95. The second-order valence-corrected chi connectivity index (χ2v) is 8.03. The molecule has 0 aromatic carbocycles. The van der Waals surface area contributed by atoms with Crippen molar-refractivity contribution in [3.05, 3.63) is 21.0 Å². The Labute approximate surface area is 120 Å². The number of ether oxygens (including phenoxy) is 1.